The average Bonchev–Trinajstić information content (AvgIpc) is 3.37. The van der Waals surface area contributed by atoms with Gasteiger partial charge >= 0.3 is 0 Å². The highest BCUT2D eigenvalue weighted by atomic mass is 32.2. The number of aromatic amines is 1. The monoisotopic (exact) mass is 388 g/mol. The van der Waals surface area contributed by atoms with E-state index >= 15 is 0 Å². The molecule has 0 saturated carbocycles. The number of nitrogens with one attached hydrogen (secondary N) is 1. The summed E-state index contributed by atoms with van der Waals surface area (Å²) in [5, 5.41) is 17.4. The number of benzene rings is 2. The summed E-state index contributed by atoms with van der Waals surface area (Å²) < 4.78 is 3.22. The van der Waals surface area contributed by atoms with E-state index < -0.39 is 0 Å². The summed E-state index contributed by atoms with van der Waals surface area (Å²) in [6.07, 6.45) is 1.51. The maximum Gasteiger partial charge on any atom is 0.262 e. The van der Waals surface area contributed by atoms with Crippen molar-refractivity contribution < 1.29 is 0 Å². The fraction of sp³-hybridized carbons (Fsp3) is 0. The Balaban J connectivity index is 1.58. The molecule has 0 saturated heterocycles. The highest BCUT2D eigenvalue weighted by Crippen LogP contribution is 2.24. The Morgan fingerprint density at radius 2 is 1.57 bits per heavy atom. The fourth-order valence-electron chi connectivity index (χ4n) is 2.77. The van der Waals surface area contributed by atoms with Crippen molar-refractivity contribution in [3.8, 4) is 11.4 Å². The van der Waals surface area contributed by atoms with Crippen molar-refractivity contribution in [1.29, 1.82) is 0 Å². The largest absolute Gasteiger partial charge is 0.300 e. The van der Waals surface area contributed by atoms with E-state index in [4.69, 9.17) is 0 Å². The van der Waals surface area contributed by atoms with E-state index in [-0.39, 0.29) is 5.56 Å². The van der Waals surface area contributed by atoms with Gasteiger partial charge in [-0.15, -0.1) is 5.10 Å². The minimum Gasteiger partial charge on any atom is -0.300 e. The van der Waals surface area contributed by atoms with Gasteiger partial charge in [0.25, 0.3) is 5.56 Å². The van der Waals surface area contributed by atoms with E-state index in [1.54, 1.807) is 9.36 Å². The van der Waals surface area contributed by atoms with Crippen LogP contribution < -0.4 is 5.56 Å². The van der Waals surface area contributed by atoms with Crippen LogP contribution in [0, 0.1) is 0 Å². The molecule has 5 aromatic rings. The van der Waals surface area contributed by atoms with Crippen molar-refractivity contribution in [2.45, 2.75) is 10.3 Å². The van der Waals surface area contributed by atoms with E-state index in [0.29, 0.717) is 21.3 Å². The van der Waals surface area contributed by atoms with Gasteiger partial charge in [0.15, 0.2) is 10.8 Å². The summed E-state index contributed by atoms with van der Waals surface area (Å²) in [5.74, 6) is 0. The summed E-state index contributed by atoms with van der Waals surface area (Å²) >= 11 is 1.17. The van der Waals surface area contributed by atoms with Gasteiger partial charge < -0.3 is 4.98 Å². The Hall–Kier alpha value is -3.79. The van der Waals surface area contributed by atoms with Crippen molar-refractivity contribution in [1.82, 2.24) is 40.0 Å². The first-order valence-electron chi connectivity index (χ1n) is 8.35. The molecular weight excluding hydrogens is 376 g/mol. The first-order valence-corrected chi connectivity index (χ1v) is 9.16. The fourth-order valence-corrected chi connectivity index (χ4v) is 3.52. The van der Waals surface area contributed by atoms with E-state index in [9.17, 15) is 4.79 Å². The summed E-state index contributed by atoms with van der Waals surface area (Å²) in [6.45, 7) is 0. The minimum atomic E-state index is -0.270. The van der Waals surface area contributed by atoms with Crippen LogP contribution in [0.1, 0.15) is 0 Å². The zero-order chi connectivity index (χ0) is 18.9. The second-order valence-corrected chi connectivity index (χ2v) is 6.77. The number of hydrogen-bond donors (Lipinski definition) is 1. The Labute approximate surface area is 162 Å². The van der Waals surface area contributed by atoms with Crippen molar-refractivity contribution in [3.05, 3.63) is 77.2 Å². The molecule has 0 fully saturated rings. The molecule has 0 amide bonds. The lowest BCUT2D eigenvalue weighted by molar-refractivity contribution is 0.754. The third-order valence-electron chi connectivity index (χ3n) is 4.05. The first-order chi connectivity index (χ1) is 13.8. The molecule has 1 N–H and O–H groups in total. The molecule has 0 aliphatic rings. The van der Waals surface area contributed by atoms with Crippen LogP contribution in [0.5, 0.6) is 0 Å². The summed E-state index contributed by atoms with van der Waals surface area (Å²) in [7, 11) is 0. The van der Waals surface area contributed by atoms with Gasteiger partial charge in [-0.2, -0.15) is 9.78 Å². The number of tetrazole rings is 1. The van der Waals surface area contributed by atoms with Gasteiger partial charge in [-0.05, 0) is 46.5 Å². The number of rotatable bonds is 4. The van der Waals surface area contributed by atoms with Gasteiger partial charge in [-0.3, -0.25) is 4.79 Å². The quantitative estimate of drug-likeness (QED) is 0.471. The Morgan fingerprint density at radius 3 is 2.29 bits per heavy atom. The van der Waals surface area contributed by atoms with E-state index in [1.807, 2.05) is 60.7 Å². The summed E-state index contributed by atoms with van der Waals surface area (Å²) in [6, 6.07) is 19.0. The topological polar surface area (TPSA) is 107 Å². The van der Waals surface area contributed by atoms with Gasteiger partial charge in [0, 0.05) is 0 Å². The number of H-pyrrole nitrogens is 1. The van der Waals surface area contributed by atoms with Gasteiger partial charge in [-0.1, -0.05) is 36.4 Å². The smallest absolute Gasteiger partial charge is 0.262 e. The van der Waals surface area contributed by atoms with Gasteiger partial charge in [0.05, 0.1) is 17.6 Å². The number of para-hydroxylation sites is 2. The Bertz CT molecular complexity index is 1310. The first kappa shape index (κ1) is 16.4. The predicted molar refractivity (Wildman–Crippen MR) is 103 cm³/mol. The molecule has 0 spiro atoms. The Morgan fingerprint density at radius 1 is 0.893 bits per heavy atom. The van der Waals surface area contributed by atoms with Crippen LogP contribution in [0.25, 0.3) is 22.4 Å². The van der Waals surface area contributed by atoms with Crippen molar-refractivity contribution in [3.63, 3.8) is 0 Å². The van der Waals surface area contributed by atoms with Crippen LogP contribution in [0.2, 0.25) is 0 Å². The van der Waals surface area contributed by atoms with E-state index in [0.717, 1.165) is 11.4 Å². The number of hydrogen-bond acceptors (Lipinski definition) is 7. The predicted octanol–water partition coefficient (Wildman–Crippen LogP) is 2.24. The molecular formula is C18H12N8OS. The van der Waals surface area contributed by atoms with Crippen LogP contribution in [0.4, 0.5) is 0 Å². The average molecular weight is 388 g/mol. The highest BCUT2D eigenvalue weighted by molar-refractivity contribution is 7.99. The van der Waals surface area contributed by atoms with Gasteiger partial charge in [0.1, 0.15) is 5.39 Å². The van der Waals surface area contributed by atoms with Crippen molar-refractivity contribution in [2.24, 2.45) is 0 Å². The number of aromatic nitrogens is 8. The molecule has 2 aromatic carbocycles. The van der Waals surface area contributed by atoms with Crippen LogP contribution in [0.3, 0.4) is 0 Å². The molecule has 0 radical (unpaired) electrons. The summed E-state index contributed by atoms with van der Waals surface area (Å²) in [5.41, 5.74) is 1.83. The van der Waals surface area contributed by atoms with E-state index in [1.165, 1.54) is 18.0 Å². The number of fused-ring (bicyclic) bond motifs is 1. The molecule has 28 heavy (non-hydrogen) atoms. The van der Waals surface area contributed by atoms with Gasteiger partial charge in [-0.25, -0.2) is 9.67 Å². The minimum absolute atomic E-state index is 0.270. The van der Waals surface area contributed by atoms with Crippen LogP contribution in [-0.2, 0) is 0 Å². The molecule has 0 aliphatic carbocycles. The van der Waals surface area contributed by atoms with Crippen LogP contribution >= 0.6 is 11.8 Å². The zero-order valence-corrected chi connectivity index (χ0v) is 15.1. The molecule has 0 aliphatic heterocycles. The Kier molecular flexibility index (Phi) is 3.95. The number of nitrogens with zero attached hydrogens (tertiary/aromatic N) is 7. The third kappa shape index (κ3) is 2.85. The van der Waals surface area contributed by atoms with Crippen molar-refractivity contribution >= 4 is 22.8 Å². The molecule has 0 atom stereocenters. The third-order valence-corrected chi connectivity index (χ3v) is 4.87. The molecule has 10 heteroatoms. The molecule has 9 nitrogen and oxygen atoms in total. The normalized spacial score (nSPS) is 11.1. The highest BCUT2D eigenvalue weighted by Gasteiger charge is 2.15. The lowest BCUT2D eigenvalue weighted by Crippen LogP contribution is -2.10. The second kappa shape index (κ2) is 6.74. The zero-order valence-electron chi connectivity index (χ0n) is 14.3. The standard InChI is InChI=1S/C18H12N8OS/c27-16-14-11-19-25(12-7-3-1-4-8-12)15(14)20-17(21-16)28-18-22-23-24-26(18)13-9-5-2-6-10-13/h1-11H,(H,20,21,27). The maximum absolute atomic E-state index is 12.5. The SMILES string of the molecule is O=c1[nH]c(Sc2nnnn2-c2ccccc2)nc2c1cnn2-c1ccccc1. The van der Waals surface area contributed by atoms with Gasteiger partial charge in [0.2, 0.25) is 5.16 Å². The lowest BCUT2D eigenvalue weighted by atomic mass is 10.3. The maximum atomic E-state index is 12.5. The van der Waals surface area contributed by atoms with Crippen LogP contribution in [-0.4, -0.2) is 40.0 Å². The second-order valence-electron chi connectivity index (χ2n) is 5.81. The lowest BCUT2D eigenvalue weighted by Gasteiger charge is -2.05. The summed E-state index contributed by atoms with van der Waals surface area (Å²) in [4.78, 5) is 19.9. The molecule has 3 heterocycles. The van der Waals surface area contributed by atoms with Crippen LogP contribution in [0.15, 0.2) is 82.0 Å². The van der Waals surface area contributed by atoms with Crippen molar-refractivity contribution in [2.75, 3.05) is 0 Å². The molecule has 3 aromatic heterocycles. The molecule has 0 bridgehead atoms. The van der Waals surface area contributed by atoms with E-state index in [2.05, 4.69) is 30.6 Å². The molecule has 0 unspecified atom stereocenters. The molecule has 5 rings (SSSR count). The molecule has 136 valence electrons.